The summed E-state index contributed by atoms with van der Waals surface area (Å²) in [6.07, 6.45) is 2.13. The lowest BCUT2D eigenvalue weighted by Gasteiger charge is -2.22. The van der Waals surface area contributed by atoms with Crippen LogP contribution in [0.5, 0.6) is 0 Å². The molecule has 1 saturated heterocycles. The average molecular weight is 383 g/mol. The molecule has 1 fully saturated rings. The van der Waals surface area contributed by atoms with Gasteiger partial charge in [0, 0.05) is 6.54 Å². The number of aromatic carboxylic acids is 1. The Hall–Kier alpha value is -2.66. The van der Waals surface area contributed by atoms with Crippen molar-refractivity contribution in [2.75, 3.05) is 6.54 Å². The van der Waals surface area contributed by atoms with Crippen molar-refractivity contribution in [2.45, 2.75) is 37.4 Å². The molecule has 0 aliphatic carbocycles. The SMILES string of the molecule is Cc1ocnc1CNC(=O)C1CCCN1S(=O)(=O)c1ccc(C(=O)O)o1. The summed E-state index contributed by atoms with van der Waals surface area (Å²) < 4.78 is 36.4. The maximum atomic E-state index is 12.7. The first-order valence-electron chi connectivity index (χ1n) is 7.82. The van der Waals surface area contributed by atoms with Crippen LogP contribution in [0.25, 0.3) is 0 Å². The molecule has 3 rings (SSSR count). The Morgan fingerprint density at radius 3 is 2.81 bits per heavy atom. The third-order valence-electron chi connectivity index (χ3n) is 4.14. The first-order chi connectivity index (χ1) is 12.3. The van der Waals surface area contributed by atoms with E-state index in [1.165, 1.54) is 6.39 Å². The molecule has 11 heteroatoms. The fourth-order valence-electron chi connectivity index (χ4n) is 2.77. The van der Waals surface area contributed by atoms with Crippen molar-refractivity contribution in [1.29, 1.82) is 0 Å². The topological polar surface area (TPSA) is 143 Å². The predicted molar refractivity (Wildman–Crippen MR) is 85.7 cm³/mol. The van der Waals surface area contributed by atoms with Gasteiger partial charge in [0.15, 0.2) is 6.39 Å². The van der Waals surface area contributed by atoms with Crippen LogP contribution < -0.4 is 5.32 Å². The summed E-state index contributed by atoms with van der Waals surface area (Å²) in [5.41, 5.74) is 0.558. The molecule has 0 spiro atoms. The van der Waals surface area contributed by atoms with Gasteiger partial charge in [0.2, 0.25) is 16.8 Å². The first kappa shape index (κ1) is 18.1. The molecular formula is C15H17N3O7S. The number of nitrogens with zero attached hydrogens (tertiary/aromatic N) is 2. The Balaban J connectivity index is 1.74. The quantitative estimate of drug-likeness (QED) is 0.743. The van der Waals surface area contributed by atoms with Gasteiger partial charge in [0.1, 0.15) is 17.5 Å². The van der Waals surface area contributed by atoms with E-state index >= 15 is 0 Å². The van der Waals surface area contributed by atoms with E-state index in [1.54, 1.807) is 6.92 Å². The van der Waals surface area contributed by atoms with Crippen LogP contribution >= 0.6 is 0 Å². The highest BCUT2D eigenvalue weighted by Crippen LogP contribution is 2.27. The molecule has 0 radical (unpaired) electrons. The second kappa shape index (κ2) is 6.92. The summed E-state index contributed by atoms with van der Waals surface area (Å²) in [6.45, 7) is 1.97. The van der Waals surface area contributed by atoms with Crippen molar-refractivity contribution in [2.24, 2.45) is 0 Å². The Labute approximate surface area is 148 Å². The van der Waals surface area contributed by atoms with Crippen LogP contribution in [0.3, 0.4) is 0 Å². The number of rotatable bonds is 6. The monoisotopic (exact) mass is 383 g/mol. The Kier molecular flexibility index (Phi) is 4.83. The molecule has 1 aliphatic heterocycles. The molecule has 2 aromatic rings. The minimum Gasteiger partial charge on any atom is -0.475 e. The average Bonchev–Trinajstić information content (AvgIpc) is 3.32. The van der Waals surface area contributed by atoms with E-state index in [1.807, 2.05) is 0 Å². The van der Waals surface area contributed by atoms with E-state index in [4.69, 9.17) is 13.9 Å². The fourth-order valence-corrected chi connectivity index (χ4v) is 4.34. The number of carboxylic acids is 1. The zero-order valence-electron chi connectivity index (χ0n) is 13.8. The van der Waals surface area contributed by atoms with Gasteiger partial charge >= 0.3 is 5.97 Å². The molecule has 0 bridgehead atoms. The number of amides is 1. The lowest BCUT2D eigenvalue weighted by Crippen LogP contribution is -2.45. The minimum absolute atomic E-state index is 0.121. The van der Waals surface area contributed by atoms with E-state index < -0.39 is 38.8 Å². The second-order valence-electron chi connectivity index (χ2n) is 5.77. The molecule has 1 atom stereocenters. The van der Waals surface area contributed by atoms with Crippen molar-refractivity contribution in [3.05, 3.63) is 35.7 Å². The highest BCUT2D eigenvalue weighted by Gasteiger charge is 2.41. The van der Waals surface area contributed by atoms with Gasteiger partial charge in [-0.25, -0.2) is 18.2 Å². The van der Waals surface area contributed by atoms with Gasteiger partial charge in [0.25, 0.3) is 10.0 Å². The summed E-state index contributed by atoms with van der Waals surface area (Å²) in [5.74, 6) is -1.74. The first-order valence-corrected chi connectivity index (χ1v) is 9.26. The highest BCUT2D eigenvalue weighted by atomic mass is 32.2. The van der Waals surface area contributed by atoms with E-state index in [-0.39, 0.29) is 13.1 Å². The highest BCUT2D eigenvalue weighted by molar-refractivity contribution is 7.89. The van der Waals surface area contributed by atoms with Gasteiger partial charge in [0.05, 0.1) is 6.54 Å². The molecular weight excluding hydrogens is 366 g/mol. The largest absolute Gasteiger partial charge is 0.475 e. The molecule has 10 nitrogen and oxygen atoms in total. The number of hydrogen-bond donors (Lipinski definition) is 2. The summed E-state index contributed by atoms with van der Waals surface area (Å²) in [5, 5.41) is 11.0. The number of carbonyl (C=O) groups is 2. The molecule has 1 unspecified atom stereocenters. The number of hydrogen-bond acceptors (Lipinski definition) is 7. The normalized spacial score (nSPS) is 18.1. The van der Waals surface area contributed by atoms with Crippen LogP contribution in [-0.2, 0) is 21.4 Å². The lowest BCUT2D eigenvalue weighted by molar-refractivity contribution is -0.124. The third-order valence-corrected chi connectivity index (χ3v) is 5.92. The van der Waals surface area contributed by atoms with Crippen molar-refractivity contribution in [1.82, 2.24) is 14.6 Å². The van der Waals surface area contributed by atoms with Crippen LogP contribution in [-0.4, -0.2) is 47.3 Å². The lowest BCUT2D eigenvalue weighted by atomic mass is 10.2. The van der Waals surface area contributed by atoms with Crippen LogP contribution in [0.1, 0.15) is 34.9 Å². The molecule has 2 N–H and O–H groups in total. The number of furan rings is 1. The van der Waals surface area contributed by atoms with Gasteiger partial charge < -0.3 is 19.3 Å². The molecule has 1 aliphatic rings. The zero-order chi connectivity index (χ0) is 18.9. The number of sulfonamides is 1. The number of oxazole rings is 1. The summed E-state index contributed by atoms with van der Waals surface area (Å²) >= 11 is 0. The summed E-state index contributed by atoms with van der Waals surface area (Å²) in [4.78, 5) is 27.3. The maximum absolute atomic E-state index is 12.7. The Morgan fingerprint density at radius 2 is 2.19 bits per heavy atom. The van der Waals surface area contributed by atoms with E-state index in [0.29, 0.717) is 24.3 Å². The fraction of sp³-hybridized carbons (Fsp3) is 0.400. The van der Waals surface area contributed by atoms with Crippen molar-refractivity contribution in [3.8, 4) is 0 Å². The van der Waals surface area contributed by atoms with Crippen molar-refractivity contribution < 1.29 is 31.9 Å². The van der Waals surface area contributed by atoms with Crippen LogP contribution in [0.4, 0.5) is 0 Å². The van der Waals surface area contributed by atoms with E-state index in [2.05, 4.69) is 10.3 Å². The summed E-state index contributed by atoms with van der Waals surface area (Å²) in [6, 6.07) is 1.24. The molecule has 26 heavy (non-hydrogen) atoms. The second-order valence-corrected chi connectivity index (χ2v) is 7.59. The van der Waals surface area contributed by atoms with Crippen LogP contribution in [0, 0.1) is 6.92 Å². The predicted octanol–water partition coefficient (Wildman–Crippen LogP) is 0.744. The molecule has 1 amide bonds. The van der Waals surface area contributed by atoms with Gasteiger partial charge in [-0.1, -0.05) is 0 Å². The van der Waals surface area contributed by atoms with Gasteiger partial charge in [-0.3, -0.25) is 4.79 Å². The smallest absolute Gasteiger partial charge is 0.371 e. The van der Waals surface area contributed by atoms with Crippen LogP contribution in [0.2, 0.25) is 0 Å². The molecule has 0 aromatic carbocycles. The third kappa shape index (κ3) is 3.35. The van der Waals surface area contributed by atoms with E-state index in [0.717, 1.165) is 16.4 Å². The van der Waals surface area contributed by atoms with Crippen molar-refractivity contribution in [3.63, 3.8) is 0 Å². The van der Waals surface area contributed by atoms with Crippen molar-refractivity contribution >= 4 is 21.9 Å². The molecule has 0 saturated carbocycles. The zero-order valence-corrected chi connectivity index (χ0v) is 14.7. The minimum atomic E-state index is -4.12. The summed E-state index contributed by atoms with van der Waals surface area (Å²) in [7, 11) is -4.12. The number of carboxylic acid groups (broad SMARTS) is 1. The van der Waals surface area contributed by atoms with E-state index in [9.17, 15) is 18.0 Å². The van der Waals surface area contributed by atoms with Gasteiger partial charge in [-0.2, -0.15) is 4.31 Å². The molecule has 140 valence electrons. The number of aryl methyl sites for hydroxylation is 1. The number of carbonyl (C=O) groups excluding carboxylic acids is 1. The standard InChI is InChI=1S/C15H17N3O7S/c1-9-10(17-8-24-9)7-16-14(19)11-3-2-6-18(11)26(22,23)13-5-4-12(25-13)15(20)21/h4-5,8,11H,2-3,6-7H2,1H3,(H,16,19)(H,20,21). The Bertz CT molecular complexity index is 931. The maximum Gasteiger partial charge on any atom is 0.371 e. The number of nitrogens with one attached hydrogen (secondary N) is 1. The van der Waals surface area contributed by atoms with Gasteiger partial charge in [-0.15, -0.1) is 0 Å². The Morgan fingerprint density at radius 1 is 1.42 bits per heavy atom. The van der Waals surface area contributed by atoms with Crippen LogP contribution in [0.15, 0.2) is 32.5 Å². The molecule has 3 heterocycles. The molecule has 2 aromatic heterocycles. The number of aromatic nitrogens is 1. The van der Waals surface area contributed by atoms with Gasteiger partial charge in [-0.05, 0) is 31.9 Å².